The molecule has 0 spiro atoms. The van der Waals surface area contributed by atoms with Gasteiger partial charge in [0.1, 0.15) is 0 Å². The van der Waals surface area contributed by atoms with Gasteiger partial charge < -0.3 is 15.2 Å². The van der Waals surface area contributed by atoms with Crippen LogP contribution in [0, 0.1) is 5.92 Å². The lowest BCUT2D eigenvalue weighted by atomic mass is 9.94. The highest BCUT2D eigenvalue weighted by atomic mass is 16.5. The van der Waals surface area contributed by atoms with E-state index in [9.17, 15) is 5.11 Å². The van der Waals surface area contributed by atoms with Crippen LogP contribution in [0.2, 0.25) is 0 Å². The second-order valence-electron chi connectivity index (χ2n) is 6.23. The number of ether oxygens (including phenoxy) is 1. The number of hydrogen-bond acceptors (Lipinski definition) is 3. The minimum atomic E-state index is -0.615. The van der Waals surface area contributed by atoms with Crippen molar-refractivity contribution in [3.63, 3.8) is 0 Å². The molecule has 16 heavy (non-hydrogen) atoms. The molecule has 2 N–H and O–H groups in total. The van der Waals surface area contributed by atoms with Crippen molar-refractivity contribution < 1.29 is 9.84 Å². The lowest BCUT2D eigenvalue weighted by Gasteiger charge is -2.26. The summed E-state index contributed by atoms with van der Waals surface area (Å²) in [6.07, 6.45) is 0.820. The standard InChI is InChI=1S/C13H29NO2/c1-11(2)9-13(6,15)10-14-7-8-16-12(3,4)5/h11,14-15H,7-10H2,1-6H3. The van der Waals surface area contributed by atoms with Gasteiger partial charge in [0, 0.05) is 13.1 Å². The van der Waals surface area contributed by atoms with E-state index in [2.05, 4.69) is 19.2 Å². The predicted octanol–water partition coefficient (Wildman–Crippen LogP) is 2.19. The largest absolute Gasteiger partial charge is 0.389 e. The molecule has 0 aliphatic heterocycles. The van der Waals surface area contributed by atoms with Crippen LogP contribution < -0.4 is 5.32 Å². The van der Waals surface area contributed by atoms with Gasteiger partial charge in [-0.15, -0.1) is 0 Å². The minimum Gasteiger partial charge on any atom is -0.389 e. The summed E-state index contributed by atoms with van der Waals surface area (Å²) in [4.78, 5) is 0. The molecule has 0 aromatic heterocycles. The summed E-state index contributed by atoms with van der Waals surface area (Å²) >= 11 is 0. The molecule has 3 heteroatoms. The van der Waals surface area contributed by atoms with Crippen molar-refractivity contribution in [3.05, 3.63) is 0 Å². The van der Waals surface area contributed by atoms with Crippen LogP contribution in [0.15, 0.2) is 0 Å². The van der Waals surface area contributed by atoms with Crippen molar-refractivity contribution in [2.24, 2.45) is 5.92 Å². The van der Waals surface area contributed by atoms with Gasteiger partial charge in [0.15, 0.2) is 0 Å². The fourth-order valence-corrected chi connectivity index (χ4v) is 1.74. The van der Waals surface area contributed by atoms with Gasteiger partial charge in [0.25, 0.3) is 0 Å². The van der Waals surface area contributed by atoms with Crippen LogP contribution in [0.4, 0.5) is 0 Å². The number of nitrogens with one attached hydrogen (secondary N) is 1. The van der Waals surface area contributed by atoms with Crippen LogP contribution in [-0.2, 0) is 4.74 Å². The summed E-state index contributed by atoms with van der Waals surface area (Å²) in [6, 6.07) is 0. The third-order valence-corrected chi connectivity index (χ3v) is 2.17. The maximum Gasteiger partial charge on any atom is 0.0746 e. The van der Waals surface area contributed by atoms with Crippen molar-refractivity contribution >= 4 is 0 Å². The molecule has 1 atom stereocenters. The number of rotatable bonds is 7. The quantitative estimate of drug-likeness (QED) is 0.660. The Labute approximate surface area is 101 Å². The van der Waals surface area contributed by atoms with E-state index in [1.165, 1.54) is 0 Å². The lowest BCUT2D eigenvalue weighted by Crippen LogP contribution is -2.40. The molecule has 0 rings (SSSR count). The van der Waals surface area contributed by atoms with E-state index in [0.29, 0.717) is 19.1 Å². The Morgan fingerprint density at radius 3 is 2.19 bits per heavy atom. The molecule has 0 aromatic rings. The first-order chi connectivity index (χ1) is 7.12. The predicted molar refractivity (Wildman–Crippen MR) is 68.7 cm³/mol. The molecular weight excluding hydrogens is 202 g/mol. The van der Waals surface area contributed by atoms with Crippen molar-refractivity contribution in [3.8, 4) is 0 Å². The Hall–Kier alpha value is -0.120. The van der Waals surface area contributed by atoms with Gasteiger partial charge in [-0.3, -0.25) is 0 Å². The molecule has 0 fully saturated rings. The second kappa shape index (κ2) is 6.58. The third kappa shape index (κ3) is 10.4. The molecule has 0 saturated heterocycles. The van der Waals surface area contributed by atoms with E-state index in [4.69, 9.17) is 4.74 Å². The summed E-state index contributed by atoms with van der Waals surface area (Å²) in [5.41, 5.74) is -0.696. The van der Waals surface area contributed by atoms with Crippen molar-refractivity contribution in [2.75, 3.05) is 19.7 Å². The van der Waals surface area contributed by atoms with Gasteiger partial charge in [0.2, 0.25) is 0 Å². The topological polar surface area (TPSA) is 41.5 Å². The van der Waals surface area contributed by atoms with E-state index in [1.54, 1.807) is 0 Å². The molecule has 0 amide bonds. The molecular formula is C13H29NO2. The van der Waals surface area contributed by atoms with Crippen molar-refractivity contribution in [2.45, 2.75) is 59.2 Å². The van der Waals surface area contributed by atoms with Crippen molar-refractivity contribution in [1.29, 1.82) is 0 Å². The first kappa shape index (κ1) is 15.9. The third-order valence-electron chi connectivity index (χ3n) is 2.17. The Morgan fingerprint density at radius 1 is 1.19 bits per heavy atom. The molecule has 98 valence electrons. The van der Waals surface area contributed by atoms with Gasteiger partial charge in [0.05, 0.1) is 17.8 Å². The highest BCUT2D eigenvalue weighted by Crippen LogP contribution is 2.14. The minimum absolute atomic E-state index is 0.0812. The zero-order valence-electron chi connectivity index (χ0n) is 11.8. The van der Waals surface area contributed by atoms with Crippen LogP contribution in [0.5, 0.6) is 0 Å². The number of aliphatic hydroxyl groups is 1. The Morgan fingerprint density at radius 2 is 1.75 bits per heavy atom. The molecule has 0 radical (unpaired) electrons. The highest BCUT2D eigenvalue weighted by Gasteiger charge is 2.21. The van der Waals surface area contributed by atoms with E-state index in [1.807, 2.05) is 27.7 Å². The zero-order chi connectivity index (χ0) is 12.8. The molecule has 0 heterocycles. The molecule has 0 aliphatic carbocycles. The van der Waals surface area contributed by atoms with Crippen LogP contribution in [0.3, 0.4) is 0 Å². The van der Waals surface area contributed by atoms with Gasteiger partial charge in [-0.1, -0.05) is 13.8 Å². The second-order valence-corrected chi connectivity index (χ2v) is 6.23. The first-order valence-corrected chi connectivity index (χ1v) is 6.19. The SMILES string of the molecule is CC(C)CC(C)(O)CNCCOC(C)(C)C. The van der Waals surface area contributed by atoms with Gasteiger partial charge in [-0.05, 0) is 40.0 Å². The van der Waals surface area contributed by atoms with Gasteiger partial charge >= 0.3 is 0 Å². The van der Waals surface area contributed by atoms with Crippen LogP contribution in [0.25, 0.3) is 0 Å². The number of hydrogen-bond donors (Lipinski definition) is 2. The van der Waals surface area contributed by atoms with Gasteiger partial charge in [-0.25, -0.2) is 0 Å². The smallest absolute Gasteiger partial charge is 0.0746 e. The average molecular weight is 231 g/mol. The maximum atomic E-state index is 10.0. The zero-order valence-corrected chi connectivity index (χ0v) is 11.8. The fourth-order valence-electron chi connectivity index (χ4n) is 1.74. The van der Waals surface area contributed by atoms with E-state index >= 15 is 0 Å². The van der Waals surface area contributed by atoms with E-state index in [0.717, 1.165) is 13.0 Å². The highest BCUT2D eigenvalue weighted by molar-refractivity contribution is 4.76. The Kier molecular flexibility index (Phi) is 6.53. The van der Waals surface area contributed by atoms with Gasteiger partial charge in [-0.2, -0.15) is 0 Å². The lowest BCUT2D eigenvalue weighted by molar-refractivity contribution is -0.00528. The summed E-state index contributed by atoms with van der Waals surface area (Å²) in [7, 11) is 0. The normalized spacial score (nSPS) is 16.5. The maximum absolute atomic E-state index is 10.0. The average Bonchev–Trinajstić information content (AvgIpc) is 1.98. The Balaban J connectivity index is 3.58. The summed E-state index contributed by atoms with van der Waals surface area (Å²) in [5.74, 6) is 0.516. The van der Waals surface area contributed by atoms with E-state index in [-0.39, 0.29) is 5.60 Å². The molecule has 0 aromatic carbocycles. The Bertz CT molecular complexity index is 183. The molecule has 0 aliphatic rings. The molecule has 1 unspecified atom stereocenters. The van der Waals surface area contributed by atoms with Crippen LogP contribution >= 0.6 is 0 Å². The van der Waals surface area contributed by atoms with E-state index < -0.39 is 5.60 Å². The fraction of sp³-hybridized carbons (Fsp3) is 1.00. The van der Waals surface area contributed by atoms with Crippen molar-refractivity contribution in [1.82, 2.24) is 5.32 Å². The summed E-state index contributed by atoms with van der Waals surface area (Å²) in [5, 5.41) is 13.3. The molecule has 3 nitrogen and oxygen atoms in total. The van der Waals surface area contributed by atoms with Crippen LogP contribution in [0.1, 0.15) is 48.0 Å². The summed E-state index contributed by atoms with van der Waals surface area (Å²) in [6.45, 7) is 14.3. The first-order valence-electron chi connectivity index (χ1n) is 6.19. The molecule has 0 bridgehead atoms. The monoisotopic (exact) mass is 231 g/mol. The summed E-state index contributed by atoms with van der Waals surface area (Å²) < 4.78 is 5.58. The van der Waals surface area contributed by atoms with Crippen LogP contribution in [-0.4, -0.2) is 36.0 Å². The molecule has 0 saturated carbocycles.